The topological polar surface area (TPSA) is 58.6 Å². The summed E-state index contributed by atoms with van der Waals surface area (Å²) in [7, 11) is 0. The summed E-state index contributed by atoms with van der Waals surface area (Å²) in [4.78, 5) is 12.0. The molecule has 116 valence electrons. The van der Waals surface area contributed by atoms with Crippen molar-refractivity contribution >= 4 is 5.91 Å². The molecule has 0 spiro atoms. The molecule has 0 aliphatic heterocycles. The fourth-order valence-corrected chi connectivity index (χ4v) is 2.42. The second kappa shape index (κ2) is 7.46. The zero-order chi connectivity index (χ0) is 15.2. The monoisotopic (exact) mass is 291 g/mol. The van der Waals surface area contributed by atoms with Crippen molar-refractivity contribution in [2.45, 2.75) is 51.7 Å². The number of carbonyl (C=O) groups excluding carboxylic acids is 1. The SMILES string of the molecule is CC(C)C(O)CNC(=O)c1ccc(OC2CCCC2)cc1. The molecule has 4 nitrogen and oxygen atoms in total. The largest absolute Gasteiger partial charge is 0.490 e. The normalized spacial score (nSPS) is 17.0. The fraction of sp³-hybridized carbons (Fsp3) is 0.588. The van der Waals surface area contributed by atoms with E-state index in [-0.39, 0.29) is 18.4 Å². The van der Waals surface area contributed by atoms with Crippen LogP contribution in [-0.2, 0) is 0 Å². The Hall–Kier alpha value is -1.55. The molecule has 0 bridgehead atoms. The summed E-state index contributed by atoms with van der Waals surface area (Å²) in [6.45, 7) is 4.12. The van der Waals surface area contributed by atoms with Crippen LogP contribution in [0.15, 0.2) is 24.3 Å². The highest BCUT2D eigenvalue weighted by atomic mass is 16.5. The van der Waals surface area contributed by atoms with Crippen molar-refractivity contribution in [3.05, 3.63) is 29.8 Å². The third kappa shape index (κ3) is 4.74. The molecule has 1 amide bonds. The molecule has 1 aromatic carbocycles. The molecule has 4 heteroatoms. The summed E-state index contributed by atoms with van der Waals surface area (Å²) in [6.07, 6.45) is 4.53. The minimum atomic E-state index is -0.515. The third-order valence-corrected chi connectivity index (χ3v) is 3.96. The lowest BCUT2D eigenvalue weighted by molar-refractivity contribution is 0.0871. The Morgan fingerprint density at radius 1 is 1.29 bits per heavy atom. The predicted octanol–water partition coefficient (Wildman–Crippen LogP) is 2.75. The van der Waals surface area contributed by atoms with Gasteiger partial charge in [0.15, 0.2) is 0 Å². The molecular formula is C17H25NO3. The summed E-state index contributed by atoms with van der Waals surface area (Å²) in [5.41, 5.74) is 0.588. The number of hydrogen-bond acceptors (Lipinski definition) is 3. The molecule has 1 aliphatic carbocycles. The van der Waals surface area contributed by atoms with Gasteiger partial charge in [-0.05, 0) is 55.9 Å². The molecule has 2 rings (SSSR count). The molecule has 0 heterocycles. The maximum atomic E-state index is 12.0. The van der Waals surface area contributed by atoms with Gasteiger partial charge in [-0.15, -0.1) is 0 Å². The Bertz CT molecular complexity index is 450. The molecule has 1 aliphatic rings. The van der Waals surface area contributed by atoms with Gasteiger partial charge in [0, 0.05) is 12.1 Å². The standard InChI is InChI=1S/C17H25NO3/c1-12(2)16(19)11-18-17(20)13-7-9-15(10-8-13)21-14-5-3-4-6-14/h7-10,12,14,16,19H,3-6,11H2,1-2H3,(H,18,20). The van der Waals surface area contributed by atoms with Gasteiger partial charge in [0.1, 0.15) is 5.75 Å². The second-order valence-corrected chi connectivity index (χ2v) is 6.07. The summed E-state index contributed by atoms with van der Waals surface area (Å²) >= 11 is 0. The van der Waals surface area contributed by atoms with E-state index in [0.717, 1.165) is 18.6 Å². The quantitative estimate of drug-likeness (QED) is 0.847. The number of aliphatic hydroxyl groups is 1. The summed E-state index contributed by atoms with van der Waals surface area (Å²) in [5.74, 6) is 0.787. The molecule has 0 aromatic heterocycles. The smallest absolute Gasteiger partial charge is 0.251 e. The first-order valence-corrected chi connectivity index (χ1v) is 7.79. The van der Waals surface area contributed by atoms with Crippen LogP contribution in [0.5, 0.6) is 5.75 Å². The van der Waals surface area contributed by atoms with E-state index in [4.69, 9.17) is 4.74 Å². The van der Waals surface area contributed by atoms with E-state index in [1.165, 1.54) is 12.8 Å². The third-order valence-electron chi connectivity index (χ3n) is 3.96. The number of rotatable bonds is 6. The number of ether oxygens (including phenoxy) is 1. The first kappa shape index (κ1) is 15.8. The number of carbonyl (C=O) groups is 1. The first-order valence-electron chi connectivity index (χ1n) is 7.79. The Morgan fingerprint density at radius 2 is 1.90 bits per heavy atom. The zero-order valence-corrected chi connectivity index (χ0v) is 12.8. The number of amides is 1. The van der Waals surface area contributed by atoms with Crippen LogP contribution in [0.1, 0.15) is 49.9 Å². The van der Waals surface area contributed by atoms with Crippen LogP contribution in [-0.4, -0.2) is 29.8 Å². The van der Waals surface area contributed by atoms with E-state index in [1.54, 1.807) is 12.1 Å². The average Bonchev–Trinajstić information content (AvgIpc) is 2.98. The van der Waals surface area contributed by atoms with E-state index in [9.17, 15) is 9.90 Å². The highest BCUT2D eigenvalue weighted by molar-refractivity contribution is 5.94. The van der Waals surface area contributed by atoms with Crippen molar-refractivity contribution in [2.24, 2.45) is 5.92 Å². The number of hydrogen-bond donors (Lipinski definition) is 2. The minimum Gasteiger partial charge on any atom is -0.490 e. The Labute approximate surface area is 126 Å². The lowest BCUT2D eigenvalue weighted by Crippen LogP contribution is -2.34. The Morgan fingerprint density at radius 3 is 2.48 bits per heavy atom. The van der Waals surface area contributed by atoms with Crippen LogP contribution in [0.2, 0.25) is 0 Å². The number of benzene rings is 1. The van der Waals surface area contributed by atoms with Gasteiger partial charge in [0.05, 0.1) is 12.2 Å². The molecular weight excluding hydrogens is 266 g/mol. The van der Waals surface area contributed by atoms with Crippen molar-refractivity contribution in [1.29, 1.82) is 0 Å². The van der Waals surface area contributed by atoms with Crippen molar-refractivity contribution in [3.8, 4) is 5.75 Å². The van der Waals surface area contributed by atoms with Crippen molar-refractivity contribution < 1.29 is 14.6 Å². The van der Waals surface area contributed by atoms with E-state index in [0.29, 0.717) is 11.7 Å². The molecule has 0 radical (unpaired) electrons. The van der Waals surface area contributed by atoms with Gasteiger partial charge in [-0.1, -0.05) is 13.8 Å². The summed E-state index contributed by atoms with van der Waals surface area (Å²) in [5, 5.41) is 12.4. The highest BCUT2D eigenvalue weighted by Crippen LogP contribution is 2.24. The van der Waals surface area contributed by atoms with E-state index < -0.39 is 6.10 Å². The van der Waals surface area contributed by atoms with Gasteiger partial charge in [0.2, 0.25) is 0 Å². The van der Waals surface area contributed by atoms with Gasteiger partial charge in [-0.3, -0.25) is 4.79 Å². The molecule has 21 heavy (non-hydrogen) atoms. The van der Waals surface area contributed by atoms with Gasteiger partial charge >= 0.3 is 0 Å². The zero-order valence-electron chi connectivity index (χ0n) is 12.8. The maximum absolute atomic E-state index is 12.0. The van der Waals surface area contributed by atoms with Crippen LogP contribution in [0.3, 0.4) is 0 Å². The molecule has 2 N–H and O–H groups in total. The van der Waals surface area contributed by atoms with Crippen LogP contribution in [0.25, 0.3) is 0 Å². The molecule has 1 unspecified atom stereocenters. The van der Waals surface area contributed by atoms with Crippen molar-refractivity contribution in [1.82, 2.24) is 5.32 Å². The highest BCUT2D eigenvalue weighted by Gasteiger charge is 2.17. The average molecular weight is 291 g/mol. The Balaban J connectivity index is 1.84. The van der Waals surface area contributed by atoms with Gasteiger partial charge < -0.3 is 15.2 Å². The maximum Gasteiger partial charge on any atom is 0.251 e. The van der Waals surface area contributed by atoms with Crippen molar-refractivity contribution in [3.63, 3.8) is 0 Å². The fourth-order valence-electron chi connectivity index (χ4n) is 2.42. The van der Waals surface area contributed by atoms with Crippen LogP contribution < -0.4 is 10.1 Å². The molecule has 1 atom stereocenters. The van der Waals surface area contributed by atoms with Gasteiger partial charge in [0.25, 0.3) is 5.91 Å². The molecule has 1 aromatic rings. The van der Waals surface area contributed by atoms with Crippen LogP contribution in [0, 0.1) is 5.92 Å². The van der Waals surface area contributed by atoms with Crippen molar-refractivity contribution in [2.75, 3.05) is 6.54 Å². The van der Waals surface area contributed by atoms with Crippen LogP contribution in [0.4, 0.5) is 0 Å². The van der Waals surface area contributed by atoms with E-state index >= 15 is 0 Å². The van der Waals surface area contributed by atoms with Gasteiger partial charge in [-0.25, -0.2) is 0 Å². The molecule has 0 saturated heterocycles. The second-order valence-electron chi connectivity index (χ2n) is 6.07. The molecule has 1 fully saturated rings. The lowest BCUT2D eigenvalue weighted by atomic mass is 10.1. The number of nitrogens with one attached hydrogen (secondary N) is 1. The lowest BCUT2D eigenvalue weighted by Gasteiger charge is -2.15. The van der Waals surface area contributed by atoms with Crippen LogP contribution >= 0.6 is 0 Å². The summed E-state index contributed by atoms with van der Waals surface area (Å²) < 4.78 is 5.87. The van der Waals surface area contributed by atoms with Gasteiger partial charge in [-0.2, -0.15) is 0 Å². The predicted molar refractivity (Wildman–Crippen MR) is 82.5 cm³/mol. The van der Waals surface area contributed by atoms with E-state index in [2.05, 4.69) is 5.32 Å². The number of aliphatic hydroxyl groups excluding tert-OH is 1. The molecule has 1 saturated carbocycles. The summed E-state index contributed by atoms with van der Waals surface area (Å²) in [6, 6.07) is 7.21. The first-order chi connectivity index (χ1) is 10.1. The Kier molecular flexibility index (Phi) is 5.62. The van der Waals surface area contributed by atoms with E-state index in [1.807, 2.05) is 26.0 Å². The minimum absolute atomic E-state index is 0.132.